The Morgan fingerprint density at radius 2 is 1.88 bits per heavy atom. The lowest BCUT2D eigenvalue weighted by Gasteiger charge is -2.17. The number of hydrogen-bond donors (Lipinski definition) is 1. The highest BCUT2D eigenvalue weighted by Crippen LogP contribution is 2.23. The van der Waals surface area contributed by atoms with E-state index >= 15 is 0 Å². The Hall–Kier alpha value is -2.60. The number of aromatic nitrogens is 4. The largest absolute Gasteiger partial charge is 0.376 e. The fourth-order valence-electron chi connectivity index (χ4n) is 2.72. The minimum Gasteiger partial charge on any atom is -0.376 e. The molecule has 1 aromatic carbocycles. The summed E-state index contributed by atoms with van der Waals surface area (Å²) < 4.78 is 3.13. The standard InChI is InChI=1S/C18H20ClN5O/c1-11-9-12(2)24(22-11)15-7-5-14(6-8-15)13(3)21-16-10-20-23(4)18(25)17(16)19/h5-10,13,21H,1-4H3. The van der Waals surface area contributed by atoms with E-state index in [1.807, 2.05) is 55.8 Å². The van der Waals surface area contributed by atoms with E-state index < -0.39 is 0 Å². The highest BCUT2D eigenvalue weighted by Gasteiger charge is 2.12. The molecule has 2 heterocycles. The van der Waals surface area contributed by atoms with Crippen molar-refractivity contribution in [3.05, 3.63) is 68.9 Å². The summed E-state index contributed by atoms with van der Waals surface area (Å²) in [5.41, 5.74) is 4.37. The van der Waals surface area contributed by atoms with Crippen LogP contribution in [-0.2, 0) is 7.05 Å². The van der Waals surface area contributed by atoms with E-state index in [0.29, 0.717) is 5.69 Å². The Morgan fingerprint density at radius 1 is 1.20 bits per heavy atom. The van der Waals surface area contributed by atoms with E-state index in [-0.39, 0.29) is 16.6 Å². The molecule has 0 fully saturated rings. The number of nitrogens with one attached hydrogen (secondary N) is 1. The zero-order valence-corrected chi connectivity index (χ0v) is 15.4. The molecule has 0 amide bonds. The number of halogens is 1. The van der Waals surface area contributed by atoms with Gasteiger partial charge >= 0.3 is 0 Å². The monoisotopic (exact) mass is 357 g/mol. The van der Waals surface area contributed by atoms with Crippen molar-refractivity contribution in [1.82, 2.24) is 19.6 Å². The fourth-order valence-corrected chi connectivity index (χ4v) is 2.95. The van der Waals surface area contributed by atoms with Crippen LogP contribution in [0.4, 0.5) is 5.69 Å². The Kier molecular flexibility index (Phi) is 4.63. The van der Waals surface area contributed by atoms with Crippen LogP contribution in [0.25, 0.3) is 5.69 Å². The second-order valence-corrected chi connectivity index (χ2v) is 6.48. The molecule has 130 valence electrons. The first kappa shape index (κ1) is 17.2. The summed E-state index contributed by atoms with van der Waals surface area (Å²) >= 11 is 6.11. The van der Waals surface area contributed by atoms with Crippen molar-refractivity contribution in [2.45, 2.75) is 26.8 Å². The van der Waals surface area contributed by atoms with Gasteiger partial charge in [-0.3, -0.25) is 4.79 Å². The molecule has 25 heavy (non-hydrogen) atoms. The van der Waals surface area contributed by atoms with Crippen LogP contribution in [0.3, 0.4) is 0 Å². The summed E-state index contributed by atoms with van der Waals surface area (Å²) in [6, 6.07) is 10.1. The predicted molar refractivity (Wildman–Crippen MR) is 99.6 cm³/mol. The van der Waals surface area contributed by atoms with Crippen LogP contribution in [0.5, 0.6) is 0 Å². The smallest absolute Gasteiger partial charge is 0.287 e. The second-order valence-electron chi connectivity index (χ2n) is 6.10. The van der Waals surface area contributed by atoms with Crippen molar-refractivity contribution in [2.24, 2.45) is 7.05 Å². The first-order valence-electron chi connectivity index (χ1n) is 7.99. The molecule has 3 aromatic rings. The lowest BCUT2D eigenvalue weighted by Crippen LogP contribution is -2.21. The van der Waals surface area contributed by atoms with Crippen molar-refractivity contribution in [3.63, 3.8) is 0 Å². The molecule has 1 unspecified atom stereocenters. The van der Waals surface area contributed by atoms with Crippen LogP contribution in [0.15, 0.2) is 41.3 Å². The molecule has 7 heteroatoms. The molecule has 0 radical (unpaired) electrons. The van der Waals surface area contributed by atoms with Crippen molar-refractivity contribution in [1.29, 1.82) is 0 Å². The molecule has 2 aromatic heterocycles. The number of aryl methyl sites for hydroxylation is 3. The molecule has 0 aliphatic heterocycles. The molecule has 3 rings (SSSR count). The molecule has 0 saturated heterocycles. The highest BCUT2D eigenvalue weighted by atomic mass is 35.5. The second kappa shape index (κ2) is 6.72. The third-order valence-electron chi connectivity index (χ3n) is 4.10. The summed E-state index contributed by atoms with van der Waals surface area (Å²) in [6.07, 6.45) is 1.56. The first-order chi connectivity index (χ1) is 11.9. The minimum atomic E-state index is -0.321. The number of benzene rings is 1. The molecule has 1 N–H and O–H groups in total. The number of rotatable bonds is 4. The van der Waals surface area contributed by atoms with E-state index in [9.17, 15) is 4.79 Å². The molecule has 0 saturated carbocycles. The quantitative estimate of drug-likeness (QED) is 0.777. The van der Waals surface area contributed by atoms with Crippen molar-refractivity contribution >= 4 is 17.3 Å². The van der Waals surface area contributed by atoms with Gasteiger partial charge in [-0.05, 0) is 44.5 Å². The minimum absolute atomic E-state index is 0.0269. The number of hydrogen-bond acceptors (Lipinski definition) is 4. The predicted octanol–water partition coefficient (Wildman–Crippen LogP) is 3.41. The van der Waals surface area contributed by atoms with E-state index in [0.717, 1.165) is 22.6 Å². The topological polar surface area (TPSA) is 64.7 Å². The molecule has 1 atom stereocenters. The van der Waals surface area contributed by atoms with Gasteiger partial charge in [0, 0.05) is 18.8 Å². The Bertz CT molecular complexity index is 959. The van der Waals surface area contributed by atoms with E-state index in [4.69, 9.17) is 11.6 Å². The van der Waals surface area contributed by atoms with Crippen molar-refractivity contribution < 1.29 is 0 Å². The fraction of sp³-hybridized carbons (Fsp3) is 0.278. The van der Waals surface area contributed by atoms with Gasteiger partial charge in [0.05, 0.1) is 23.3 Å². The van der Waals surface area contributed by atoms with Gasteiger partial charge in [0.15, 0.2) is 0 Å². The van der Waals surface area contributed by atoms with Crippen LogP contribution < -0.4 is 10.9 Å². The maximum Gasteiger partial charge on any atom is 0.287 e. The van der Waals surface area contributed by atoms with Crippen LogP contribution >= 0.6 is 11.6 Å². The van der Waals surface area contributed by atoms with Crippen LogP contribution in [0, 0.1) is 13.8 Å². The molecule has 0 bridgehead atoms. The van der Waals surface area contributed by atoms with Crippen LogP contribution in [-0.4, -0.2) is 19.6 Å². The summed E-state index contributed by atoms with van der Waals surface area (Å²) in [5.74, 6) is 0. The van der Waals surface area contributed by atoms with E-state index in [1.54, 1.807) is 13.2 Å². The maximum atomic E-state index is 11.9. The van der Waals surface area contributed by atoms with Gasteiger partial charge in [-0.1, -0.05) is 23.7 Å². The molecule has 0 aliphatic rings. The van der Waals surface area contributed by atoms with Crippen LogP contribution in [0.2, 0.25) is 5.02 Å². The zero-order chi connectivity index (χ0) is 18.1. The summed E-state index contributed by atoms with van der Waals surface area (Å²) in [7, 11) is 1.57. The Balaban J connectivity index is 1.82. The molecule has 0 aliphatic carbocycles. The van der Waals surface area contributed by atoms with E-state index in [1.165, 1.54) is 4.68 Å². The third-order valence-corrected chi connectivity index (χ3v) is 4.46. The van der Waals surface area contributed by atoms with Gasteiger partial charge in [-0.15, -0.1) is 0 Å². The Labute approximate surface area is 151 Å². The number of anilines is 1. The van der Waals surface area contributed by atoms with Gasteiger partial charge < -0.3 is 5.32 Å². The molecule has 0 spiro atoms. The average molecular weight is 358 g/mol. The van der Waals surface area contributed by atoms with Gasteiger partial charge in [0.1, 0.15) is 5.02 Å². The van der Waals surface area contributed by atoms with E-state index in [2.05, 4.69) is 15.5 Å². The summed E-state index contributed by atoms with van der Waals surface area (Å²) in [6.45, 7) is 6.01. The van der Waals surface area contributed by atoms with Gasteiger partial charge in [0.25, 0.3) is 5.56 Å². The van der Waals surface area contributed by atoms with Gasteiger partial charge in [0.2, 0.25) is 0 Å². The number of nitrogens with zero attached hydrogens (tertiary/aromatic N) is 4. The highest BCUT2D eigenvalue weighted by molar-refractivity contribution is 6.32. The third kappa shape index (κ3) is 3.44. The Morgan fingerprint density at radius 3 is 2.48 bits per heavy atom. The zero-order valence-electron chi connectivity index (χ0n) is 14.6. The van der Waals surface area contributed by atoms with Crippen LogP contribution in [0.1, 0.15) is 29.9 Å². The summed E-state index contributed by atoms with van der Waals surface area (Å²) in [4.78, 5) is 11.9. The average Bonchev–Trinajstić information content (AvgIpc) is 2.94. The molecular weight excluding hydrogens is 338 g/mol. The SMILES string of the molecule is Cc1cc(C)n(-c2ccc(C(C)Nc3cnn(C)c(=O)c3Cl)cc2)n1. The van der Waals surface area contributed by atoms with Gasteiger partial charge in [-0.25, -0.2) is 9.36 Å². The lowest BCUT2D eigenvalue weighted by molar-refractivity contribution is 0.706. The molecular formula is C18H20ClN5O. The van der Waals surface area contributed by atoms with Crippen molar-refractivity contribution in [2.75, 3.05) is 5.32 Å². The summed E-state index contributed by atoms with van der Waals surface area (Å²) in [5, 5.41) is 11.9. The van der Waals surface area contributed by atoms with Gasteiger partial charge in [-0.2, -0.15) is 10.2 Å². The lowest BCUT2D eigenvalue weighted by atomic mass is 10.1. The first-order valence-corrected chi connectivity index (χ1v) is 8.36. The van der Waals surface area contributed by atoms with Crippen molar-refractivity contribution in [3.8, 4) is 5.69 Å². The maximum absolute atomic E-state index is 11.9. The normalized spacial score (nSPS) is 12.2. The molecule has 6 nitrogen and oxygen atoms in total.